The summed E-state index contributed by atoms with van der Waals surface area (Å²) < 4.78 is 36.9. The third kappa shape index (κ3) is 3.41. The fraction of sp³-hybridized carbons (Fsp3) is 0.357. The molecule has 0 aliphatic heterocycles. The predicted molar refractivity (Wildman–Crippen MR) is 79.3 cm³/mol. The first kappa shape index (κ1) is 14.9. The van der Waals surface area contributed by atoms with Crippen molar-refractivity contribution in [2.75, 3.05) is 0 Å². The Morgan fingerprint density at radius 3 is 2.57 bits per heavy atom. The number of hydrogen-bond acceptors (Lipinski definition) is 4. The summed E-state index contributed by atoms with van der Waals surface area (Å²) in [6.07, 6.45) is 2.94. The second-order valence-electron chi connectivity index (χ2n) is 4.90. The van der Waals surface area contributed by atoms with E-state index in [-0.39, 0.29) is 22.7 Å². The molecular formula is C14H13F3N2S2. The van der Waals surface area contributed by atoms with E-state index in [1.807, 2.05) is 0 Å². The Morgan fingerprint density at radius 2 is 1.95 bits per heavy atom. The van der Waals surface area contributed by atoms with E-state index in [0.29, 0.717) is 0 Å². The van der Waals surface area contributed by atoms with E-state index < -0.39 is 5.51 Å². The van der Waals surface area contributed by atoms with Gasteiger partial charge in [-0.3, -0.25) is 0 Å². The van der Waals surface area contributed by atoms with Gasteiger partial charge >= 0.3 is 5.51 Å². The molecule has 1 aromatic carbocycles. The molecule has 112 valence electrons. The number of benzene rings is 1. The molecule has 2 nitrogen and oxygen atoms in total. The molecule has 0 saturated heterocycles. The number of thioether (sulfide) groups is 1. The van der Waals surface area contributed by atoms with Gasteiger partial charge in [0.2, 0.25) is 0 Å². The molecule has 0 fully saturated rings. The molecule has 2 N–H and O–H groups in total. The summed E-state index contributed by atoms with van der Waals surface area (Å²) in [6.45, 7) is 0. The van der Waals surface area contributed by atoms with Gasteiger partial charge in [0, 0.05) is 21.4 Å². The highest BCUT2D eigenvalue weighted by Crippen LogP contribution is 2.39. The number of aromatic nitrogens is 1. The van der Waals surface area contributed by atoms with Crippen molar-refractivity contribution in [3.8, 4) is 10.6 Å². The van der Waals surface area contributed by atoms with Gasteiger partial charge in [0.1, 0.15) is 5.01 Å². The molecule has 2 aromatic rings. The quantitative estimate of drug-likeness (QED) is 0.807. The van der Waals surface area contributed by atoms with Gasteiger partial charge < -0.3 is 5.73 Å². The number of hydrogen-bond donors (Lipinski definition) is 1. The van der Waals surface area contributed by atoms with Gasteiger partial charge in [0.05, 0.1) is 5.69 Å². The SMILES string of the molecule is NC1CCCc2nc(-c3ccc(SC(F)(F)F)cc3)sc21. The van der Waals surface area contributed by atoms with Crippen molar-refractivity contribution in [2.45, 2.75) is 35.7 Å². The smallest absolute Gasteiger partial charge is 0.323 e. The standard InChI is InChI=1S/C14H13F3N2S2/c15-14(16,17)21-9-6-4-8(5-7-9)13-19-11-3-1-2-10(18)12(11)20-13/h4-7,10H,1-3,18H2. The number of rotatable bonds is 2. The van der Waals surface area contributed by atoms with Crippen LogP contribution in [0.3, 0.4) is 0 Å². The molecule has 1 aromatic heterocycles. The van der Waals surface area contributed by atoms with E-state index in [0.717, 1.165) is 40.4 Å². The highest BCUT2D eigenvalue weighted by molar-refractivity contribution is 8.00. The van der Waals surface area contributed by atoms with Gasteiger partial charge in [-0.2, -0.15) is 13.2 Å². The normalized spacial score (nSPS) is 18.6. The lowest BCUT2D eigenvalue weighted by molar-refractivity contribution is -0.0328. The molecule has 0 bridgehead atoms. The van der Waals surface area contributed by atoms with Crippen LogP contribution in [0.5, 0.6) is 0 Å². The van der Waals surface area contributed by atoms with Crippen molar-refractivity contribution in [3.05, 3.63) is 34.8 Å². The van der Waals surface area contributed by atoms with Crippen LogP contribution >= 0.6 is 23.1 Å². The average molecular weight is 330 g/mol. The lowest BCUT2D eigenvalue weighted by Gasteiger charge is -2.15. The van der Waals surface area contributed by atoms with Crippen molar-refractivity contribution in [2.24, 2.45) is 5.73 Å². The molecule has 1 unspecified atom stereocenters. The zero-order chi connectivity index (χ0) is 15.0. The van der Waals surface area contributed by atoms with Crippen LogP contribution in [0, 0.1) is 0 Å². The topological polar surface area (TPSA) is 38.9 Å². The molecule has 0 spiro atoms. The van der Waals surface area contributed by atoms with E-state index in [9.17, 15) is 13.2 Å². The molecule has 21 heavy (non-hydrogen) atoms. The first-order valence-corrected chi connectivity index (χ1v) is 8.17. The van der Waals surface area contributed by atoms with Crippen LogP contribution < -0.4 is 5.73 Å². The Morgan fingerprint density at radius 1 is 1.24 bits per heavy atom. The molecule has 1 heterocycles. The van der Waals surface area contributed by atoms with Crippen LogP contribution in [-0.4, -0.2) is 10.5 Å². The number of nitrogens with two attached hydrogens (primary N) is 1. The Bertz CT molecular complexity index is 635. The summed E-state index contributed by atoms with van der Waals surface area (Å²) in [6, 6.07) is 6.37. The van der Waals surface area contributed by atoms with E-state index >= 15 is 0 Å². The number of nitrogens with zero attached hydrogens (tertiary/aromatic N) is 1. The Labute approximate surface area is 128 Å². The van der Waals surface area contributed by atoms with Crippen LogP contribution in [0.25, 0.3) is 10.6 Å². The van der Waals surface area contributed by atoms with Crippen LogP contribution in [0.2, 0.25) is 0 Å². The van der Waals surface area contributed by atoms with Crippen molar-refractivity contribution >= 4 is 23.1 Å². The van der Waals surface area contributed by atoms with Crippen molar-refractivity contribution in [1.82, 2.24) is 4.98 Å². The second-order valence-corrected chi connectivity index (χ2v) is 7.07. The van der Waals surface area contributed by atoms with E-state index in [1.54, 1.807) is 23.5 Å². The fourth-order valence-corrected chi connectivity index (χ4v) is 4.07. The van der Waals surface area contributed by atoms with E-state index in [2.05, 4.69) is 4.98 Å². The fourth-order valence-electron chi connectivity index (χ4n) is 2.38. The summed E-state index contributed by atoms with van der Waals surface area (Å²) in [7, 11) is 0. The number of thiazole rings is 1. The maximum atomic E-state index is 12.3. The first-order valence-electron chi connectivity index (χ1n) is 6.54. The molecule has 1 atom stereocenters. The number of halogens is 3. The van der Waals surface area contributed by atoms with Crippen LogP contribution in [0.15, 0.2) is 29.2 Å². The molecule has 0 saturated carbocycles. The van der Waals surface area contributed by atoms with Gasteiger partial charge in [-0.1, -0.05) is 12.1 Å². The highest BCUT2D eigenvalue weighted by Gasteiger charge is 2.29. The third-order valence-corrected chi connectivity index (χ3v) is 5.35. The maximum Gasteiger partial charge on any atom is 0.446 e. The highest BCUT2D eigenvalue weighted by atomic mass is 32.2. The number of aryl methyl sites for hydroxylation is 1. The third-order valence-electron chi connectivity index (χ3n) is 3.33. The van der Waals surface area contributed by atoms with Crippen LogP contribution in [-0.2, 0) is 6.42 Å². The summed E-state index contributed by atoms with van der Waals surface area (Å²) in [5.74, 6) is 0. The summed E-state index contributed by atoms with van der Waals surface area (Å²) in [5, 5.41) is 0.834. The summed E-state index contributed by atoms with van der Waals surface area (Å²) >= 11 is 1.45. The summed E-state index contributed by atoms with van der Waals surface area (Å²) in [5.41, 5.74) is 3.70. The molecule has 0 radical (unpaired) electrons. The van der Waals surface area contributed by atoms with Crippen LogP contribution in [0.4, 0.5) is 13.2 Å². The van der Waals surface area contributed by atoms with Gasteiger partial charge in [0.25, 0.3) is 0 Å². The number of fused-ring (bicyclic) bond motifs is 1. The zero-order valence-corrected chi connectivity index (χ0v) is 12.6. The van der Waals surface area contributed by atoms with E-state index in [1.165, 1.54) is 12.1 Å². The molecule has 7 heteroatoms. The van der Waals surface area contributed by atoms with Crippen molar-refractivity contribution < 1.29 is 13.2 Å². The molecule has 1 aliphatic rings. The molecular weight excluding hydrogens is 317 g/mol. The van der Waals surface area contributed by atoms with Gasteiger partial charge in [-0.15, -0.1) is 11.3 Å². The second kappa shape index (κ2) is 5.62. The average Bonchev–Trinajstić information content (AvgIpc) is 2.83. The lowest BCUT2D eigenvalue weighted by Crippen LogP contribution is -2.15. The van der Waals surface area contributed by atoms with Gasteiger partial charge in [0.15, 0.2) is 0 Å². The van der Waals surface area contributed by atoms with Gasteiger partial charge in [-0.25, -0.2) is 4.98 Å². The van der Waals surface area contributed by atoms with Crippen molar-refractivity contribution in [1.29, 1.82) is 0 Å². The molecule has 3 rings (SSSR count). The minimum Gasteiger partial charge on any atom is -0.323 e. The van der Waals surface area contributed by atoms with Gasteiger partial charge in [-0.05, 0) is 43.2 Å². The Balaban J connectivity index is 1.84. The molecule has 0 amide bonds. The molecule has 1 aliphatic carbocycles. The zero-order valence-electron chi connectivity index (χ0n) is 11.0. The predicted octanol–water partition coefficient (Wildman–Crippen LogP) is 4.76. The minimum atomic E-state index is -4.26. The largest absolute Gasteiger partial charge is 0.446 e. The lowest BCUT2D eigenvalue weighted by atomic mass is 9.99. The Hall–Kier alpha value is -1.05. The van der Waals surface area contributed by atoms with Crippen LogP contribution in [0.1, 0.15) is 29.5 Å². The minimum absolute atomic E-state index is 0.0417. The number of alkyl halides is 3. The van der Waals surface area contributed by atoms with Crippen molar-refractivity contribution in [3.63, 3.8) is 0 Å². The summed E-state index contributed by atoms with van der Waals surface area (Å²) in [4.78, 5) is 5.89. The monoisotopic (exact) mass is 330 g/mol. The maximum absolute atomic E-state index is 12.3. The van der Waals surface area contributed by atoms with E-state index in [4.69, 9.17) is 5.73 Å². The Kier molecular flexibility index (Phi) is 3.98. The first-order chi connectivity index (χ1) is 9.92.